The highest BCUT2D eigenvalue weighted by atomic mass is 16.5. The van der Waals surface area contributed by atoms with Gasteiger partial charge < -0.3 is 14.8 Å². The van der Waals surface area contributed by atoms with Crippen molar-refractivity contribution >= 4 is 0 Å². The van der Waals surface area contributed by atoms with Crippen molar-refractivity contribution in [2.24, 2.45) is 0 Å². The Morgan fingerprint density at radius 3 is 2.90 bits per heavy atom. The van der Waals surface area contributed by atoms with E-state index < -0.39 is 0 Å². The summed E-state index contributed by atoms with van der Waals surface area (Å²) in [5, 5.41) is 3.35. The molecule has 3 heteroatoms. The normalized spacial score (nSPS) is 18.9. The summed E-state index contributed by atoms with van der Waals surface area (Å²) in [6, 6.07) is 0.608. The Balaban J connectivity index is 1.76. The van der Waals surface area contributed by atoms with E-state index in [1.54, 1.807) is 7.11 Å². The number of methoxy groups -OCH3 is 1. The molecule has 0 atom stereocenters. The van der Waals surface area contributed by atoms with Crippen LogP contribution in [0.4, 0.5) is 0 Å². The molecule has 0 spiro atoms. The van der Waals surface area contributed by atoms with Gasteiger partial charge in [0.05, 0.1) is 19.3 Å². The lowest BCUT2D eigenvalue weighted by Gasteiger charge is -2.26. The van der Waals surface area contributed by atoms with Gasteiger partial charge in [-0.15, -0.1) is 0 Å². The van der Waals surface area contributed by atoms with E-state index in [9.17, 15) is 0 Å². The zero-order valence-electron chi connectivity index (χ0n) is 6.43. The van der Waals surface area contributed by atoms with Crippen LogP contribution in [-0.2, 0) is 9.47 Å². The molecule has 0 bridgehead atoms. The van der Waals surface area contributed by atoms with Gasteiger partial charge >= 0.3 is 0 Å². The van der Waals surface area contributed by atoms with Crippen LogP contribution in [0.5, 0.6) is 0 Å². The zero-order valence-corrected chi connectivity index (χ0v) is 6.43. The van der Waals surface area contributed by atoms with Gasteiger partial charge in [0, 0.05) is 13.7 Å². The molecule has 0 aromatic rings. The summed E-state index contributed by atoms with van der Waals surface area (Å²) >= 11 is 0. The summed E-state index contributed by atoms with van der Waals surface area (Å²) in [5.74, 6) is 0. The predicted molar refractivity (Wildman–Crippen MR) is 39.1 cm³/mol. The van der Waals surface area contributed by atoms with Crippen LogP contribution < -0.4 is 5.32 Å². The summed E-state index contributed by atoms with van der Waals surface area (Å²) in [7, 11) is 1.73. The van der Waals surface area contributed by atoms with Gasteiger partial charge in [-0.2, -0.15) is 0 Å². The molecule has 0 amide bonds. The third-order valence-corrected chi connectivity index (χ3v) is 1.60. The largest absolute Gasteiger partial charge is 0.385 e. The number of ether oxygens (including phenoxy) is 2. The molecule has 10 heavy (non-hydrogen) atoms. The third kappa shape index (κ3) is 2.64. The highest BCUT2D eigenvalue weighted by molar-refractivity contribution is 4.72. The van der Waals surface area contributed by atoms with Gasteiger partial charge in [-0.25, -0.2) is 0 Å². The van der Waals surface area contributed by atoms with Crippen LogP contribution in [0.3, 0.4) is 0 Å². The molecule has 0 unspecified atom stereocenters. The summed E-state index contributed by atoms with van der Waals surface area (Å²) in [4.78, 5) is 0. The molecule has 0 radical (unpaired) electrons. The van der Waals surface area contributed by atoms with Crippen molar-refractivity contribution in [3.05, 3.63) is 0 Å². The maximum atomic E-state index is 5.00. The van der Waals surface area contributed by atoms with Crippen molar-refractivity contribution in [2.75, 3.05) is 33.5 Å². The number of hydrogen-bond donors (Lipinski definition) is 1. The maximum Gasteiger partial charge on any atom is 0.0643 e. The molecule has 1 rings (SSSR count). The van der Waals surface area contributed by atoms with Crippen LogP contribution in [0.2, 0.25) is 0 Å². The Morgan fingerprint density at radius 2 is 2.40 bits per heavy atom. The van der Waals surface area contributed by atoms with E-state index in [0.717, 1.165) is 32.8 Å². The second kappa shape index (κ2) is 4.66. The zero-order chi connectivity index (χ0) is 7.23. The van der Waals surface area contributed by atoms with Crippen LogP contribution in [0.15, 0.2) is 0 Å². The monoisotopic (exact) mass is 145 g/mol. The van der Waals surface area contributed by atoms with Gasteiger partial charge in [0.2, 0.25) is 0 Å². The lowest BCUT2D eigenvalue weighted by Crippen LogP contribution is -2.46. The highest BCUT2D eigenvalue weighted by Gasteiger charge is 2.16. The summed E-state index contributed by atoms with van der Waals surface area (Å²) in [5.41, 5.74) is 0. The Labute approximate surface area is 61.7 Å². The van der Waals surface area contributed by atoms with E-state index in [1.165, 1.54) is 0 Å². The SMILES string of the molecule is COCCCNC1COC1. The second-order valence-corrected chi connectivity index (χ2v) is 2.53. The van der Waals surface area contributed by atoms with Gasteiger partial charge in [0.25, 0.3) is 0 Å². The minimum atomic E-state index is 0.608. The summed E-state index contributed by atoms with van der Waals surface area (Å²) < 4.78 is 9.90. The van der Waals surface area contributed by atoms with Gasteiger partial charge in [-0.1, -0.05) is 0 Å². The molecule has 1 N–H and O–H groups in total. The average molecular weight is 145 g/mol. The Bertz CT molecular complexity index is 83.7. The minimum absolute atomic E-state index is 0.608. The fourth-order valence-corrected chi connectivity index (χ4v) is 0.876. The molecule has 1 saturated heterocycles. The van der Waals surface area contributed by atoms with Crippen molar-refractivity contribution in [3.63, 3.8) is 0 Å². The summed E-state index contributed by atoms with van der Waals surface area (Å²) in [6.45, 7) is 3.66. The fourth-order valence-electron chi connectivity index (χ4n) is 0.876. The number of rotatable bonds is 5. The van der Waals surface area contributed by atoms with Crippen LogP contribution in [0.25, 0.3) is 0 Å². The van der Waals surface area contributed by atoms with Crippen LogP contribution in [0, 0.1) is 0 Å². The van der Waals surface area contributed by atoms with Crippen molar-refractivity contribution in [3.8, 4) is 0 Å². The van der Waals surface area contributed by atoms with Gasteiger partial charge in [-0.05, 0) is 13.0 Å². The van der Waals surface area contributed by atoms with E-state index in [0.29, 0.717) is 6.04 Å². The Morgan fingerprint density at radius 1 is 1.60 bits per heavy atom. The van der Waals surface area contributed by atoms with Crippen LogP contribution in [0.1, 0.15) is 6.42 Å². The predicted octanol–water partition coefficient (Wildman–Crippen LogP) is 0.0113. The third-order valence-electron chi connectivity index (χ3n) is 1.60. The van der Waals surface area contributed by atoms with E-state index in [2.05, 4.69) is 5.32 Å². The molecule has 1 aliphatic rings. The standard InChI is InChI=1S/C7H15NO2/c1-9-4-2-3-8-7-5-10-6-7/h7-8H,2-6H2,1H3. The van der Waals surface area contributed by atoms with E-state index in [1.807, 2.05) is 0 Å². The molecule has 3 nitrogen and oxygen atoms in total. The topological polar surface area (TPSA) is 30.5 Å². The second-order valence-electron chi connectivity index (χ2n) is 2.53. The molecule has 0 aromatic heterocycles. The maximum absolute atomic E-state index is 5.00. The molecule has 0 aromatic carbocycles. The minimum Gasteiger partial charge on any atom is -0.385 e. The molecule has 1 aliphatic heterocycles. The fraction of sp³-hybridized carbons (Fsp3) is 1.00. The van der Waals surface area contributed by atoms with Crippen molar-refractivity contribution in [2.45, 2.75) is 12.5 Å². The highest BCUT2D eigenvalue weighted by Crippen LogP contribution is 1.98. The molecule has 1 fully saturated rings. The number of nitrogens with one attached hydrogen (secondary N) is 1. The summed E-state index contributed by atoms with van der Waals surface area (Å²) in [6.07, 6.45) is 1.09. The first-order valence-electron chi connectivity index (χ1n) is 3.73. The van der Waals surface area contributed by atoms with E-state index in [-0.39, 0.29) is 0 Å². The number of hydrogen-bond acceptors (Lipinski definition) is 3. The van der Waals surface area contributed by atoms with Gasteiger partial charge in [0.1, 0.15) is 0 Å². The quantitative estimate of drug-likeness (QED) is 0.553. The average Bonchev–Trinajstić information content (AvgIpc) is 1.84. The Kier molecular flexibility index (Phi) is 3.72. The van der Waals surface area contributed by atoms with E-state index in [4.69, 9.17) is 9.47 Å². The first kappa shape index (κ1) is 7.98. The lowest BCUT2D eigenvalue weighted by atomic mass is 10.2. The molecular weight excluding hydrogens is 130 g/mol. The molecule has 0 aliphatic carbocycles. The van der Waals surface area contributed by atoms with E-state index >= 15 is 0 Å². The molecule has 1 heterocycles. The lowest BCUT2D eigenvalue weighted by molar-refractivity contribution is -0.00551. The Hall–Kier alpha value is -0.120. The van der Waals surface area contributed by atoms with Gasteiger partial charge in [0.15, 0.2) is 0 Å². The van der Waals surface area contributed by atoms with Gasteiger partial charge in [-0.3, -0.25) is 0 Å². The van der Waals surface area contributed by atoms with Crippen molar-refractivity contribution in [1.82, 2.24) is 5.32 Å². The molecule has 0 saturated carbocycles. The van der Waals surface area contributed by atoms with Crippen LogP contribution in [-0.4, -0.2) is 39.5 Å². The first-order valence-corrected chi connectivity index (χ1v) is 3.73. The molecule has 60 valence electrons. The van der Waals surface area contributed by atoms with Crippen LogP contribution >= 0.6 is 0 Å². The molecular formula is C7H15NO2. The smallest absolute Gasteiger partial charge is 0.0643 e. The van der Waals surface area contributed by atoms with Crippen molar-refractivity contribution < 1.29 is 9.47 Å². The first-order chi connectivity index (χ1) is 4.93. The van der Waals surface area contributed by atoms with Crippen molar-refractivity contribution in [1.29, 1.82) is 0 Å².